The molecule has 0 atom stereocenters. The van der Waals surface area contributed by atoms with E-state index in [1.165, 1.54) is 0 Å². The van der Waals surface area contributed by atoms with Crippen LogP contribution in [-0.2, 0) is 12.6 Å². The Hall–Kier alpha value is -1.64. The summed E-state index contributed by atoms with van der Waals surface area (Å²) in [7, 11) is 0. The largest absolute Gasteiger partial charge is 0.433 e. The Morgan fingerprint density at radius 3 is 2.57 bits per heavy atom. The summed E-state index contributed by atoms with van der Waals surface area (Å²) >= 11 is 0. The first-order valence-corrected chi connectivity index (χ1v) is 3.53. The van der Waals surface area contributed by atoms with Crippen LogP contribution >= 0.6 is 0 Å². The van der Waals surface area contributed by atoms with E-state index in [1.54, 1.807) is 6.07 Å². The molecule has 1 heterocycles. The van der Waals surface area contributed by atoms with Gasteiger partial charge in [0.1, 0.15) is 11.5 Å². The number of nitrogens with zero attached hydrogens (tertiary/aromatic N) is 2. The summed E-state index contributed by atoms with van der Waals surface area (Å²) in [6.45, 7) is 0. The third kappa shape index (κ3) is 2.19. The zero-order valence-corrected chi connectivity index (χ0v) is 6.77. The Balaban J connectivity index is 3.14. The van der Waals surface area contributed by atoms with Gasteiger partial charge in [0.05, 0.1) is 18.7 Å². The number of aromatic nitrogens is 1. The van der Waals surface area contributed by atoms with Gasteiger partial charge in [-0.25, -0.2) is 9.37 Å². The lowest BCUT2D eigenvalue weighted by Gasteiger charge is -2.06. The van der Waals surface area contributed by atoms with Crippen LogP contribution < -0.4 is 0 Å². The molecule has 74 valence electrons. The van der Waals surface area contributed by atoms with Crippen LogP contribution in [0.1, 0.15) is 11.3 Å². The zero-order valence-electron chi connectivity index (χ0n) is 6.77. The summed E-state index contributed by atoms with van der Waals surface area (Å²) in [5.74, 6) is -0.903. The normalized spacial score (nSPS) is 11.1. The third-order valence-corrected chi connectivity index (χ3v) is 1.49. The standard InChI is InChI=1S/C8H4F4N2/c9-6-4-14-7(8(10,11)12)3-5(6)1-2-13/h3-4H,1H2. The van der Waals surface area contributed by atoms with Crippen LogP contribution in [0.15, 0.2) is 12.3 Å². The number of halogens is 4. The maximum absolute atomic E-state index is 12.8. The summed E-state index contributed by atoms with van der Waals surface area (Å²) < 4.78 is 49.0. The fourth-order valence-electron chi connectivity index (χ4n) is 0.856. The average Bonchev–Trinajstić information content (AvgIpc) is 2.07. The molecule has 2 nitrogen and oxygen atoms in total. The van der Waals surface area contributed by atoms with Crippen molar-refractivity contribution in [2.45, 2.75) is 12.6 Å². The van der Waals surface area contributed by atoms with Crippen molar-refractivity contribution in [2.24, 2.45) is 0 Å². The van der Waals surface area contributed by atoms with Crippen LogP contribution in [0.25, 0.3) is 0 Å². The third-order valence-electron chi connectivity index (χ3n) is 1.49. The highest BCUT2D eigenvalue weighted by Gasteiger charge is 2.32. The Labute approximate surface area is 76.8 Å². The lowest BCUT2D eigenvalue weighted by molar-refractivity contribution is -0.141. The maximum atomic E-state index is 12.8. The van der Waals surface area contributed by atoms with E-state index in [1.807, 2.05) is 0 Å². The molecule has 0 spiro atoms. The summed E-state index contributed by atoms with van der Waals surface area (Å²) in [4.78, 5) is 2.88. The summed E-state index contributed by atoms with van der Waals surface area (Å²) in [6.07, 6.45) is -4.55. The van der Waals surface area contributed by atoms with E-state index in [4.69, 9.17) is 5.26 Å². The molecule has 0 aliphatic rings. The van der Waals surface area contributed by atoms with E-state index in [0.717, 1.165) is 0 Å². The lowest BCUT2D eigenvalue weighted by atomic mass is 10.1. The van der Waals surface area contributed by atoms with Crippen molar-refractivity contribution in [3.05, 3.63) is 29.3 Å². The SMILES string of the molecule is N#CCc1cc(C(F)(F)F)ncc1F. The Morgan fingerprint density at radius 1 is 1.43 bits per heavy atom. The molecule has 0 aromatic carbocycles. The highest BCUT2D eigenvalue weighted by atomic mass is 19.4. The molecule has 0 aliphatic heterocycles. The first-order valence-electron chi connectivity index (χ1n) is 3.53. The van der Waals surface area contributed by atoms with Crippen molar-refractivity contribution >= 4 is 0 Å². The van der Waals surface area contributed by atoms with E-state index in [0.29, 0.717) is 12.3 Å². The number of rotatable bonds is 1. The fraction of sp³-hybridized carbons (Fsp3) is 0.250. The predicted octanol–water partition coefficient (Wildman–Crippen LogP) is 2.31. The van der Waals surface area contributed by atoms with E-state index in [9.17, 15) is 17.6 Å². The van der Waals surface area contributed by atoms with Crippen LogP contribution in [0.4, 0.5) is 17.6 Å². The van der Waals surface area contributed by atoms with E-state index < -0.39 is 24.1 Å². The van der Waals surface area contributed by atoms with Gasteiger partial charge in [0.25, 0.3) is 0 Å². The van der Waals surface area contributed by atoms with Gasteiger partial charge in [-0.1, -0.05) is 0 Å². The molecule has 1 rings (SSSR count). The van der Waals surface area contributed by atoms with Crippen molar-refractivity contribution < 1.29 is 17.6 Å². The minimum absolute atomic E-state index is 0.296. The zero-order chi connectivity index (χ0) is 10.8. The molecule has 1 aromatic rings. The van der Waals surface area contributed by atoms with Crippen molar-refractivity contribution in [3.8, 4) is 6.07 Å². The second kappa shape index (κ2) is 3.62. The molecule has 0 N–H and O–H groups in total. The molecule has 0 saturated heterocycles. The highest BCUT2D eigenvalue weighted by molar-refractivity contribution is 5.22. The first kappa shape index (κ1) is 10.4. The number of alkyl halides is 3. The smallest absolute Gasteiger partial charge is 0.249 e. The lowest BCUT2D eigenvalue weighted by Crippen LogP contribution is -2.09. The van der Waals surface area contributed by atoms with Gasteiger partial charge < -0.3 is 0 Å². The first-order chi connectivity index (χ1) is 6.45. The monoisotopic (exact) mass is 204 g/mol. The summed E-state index contributed by atoms with van der Waals surface area (Å²) in [5.41, 5.74) is -1.49. The minimum Gasteiger partial charge on any atom is -0.249 e. The summed E-state index contributed by atoms with van der Waals surface area (Å²) in [6, 6.07) is 2.11. The quantitative estimate of drug-likeness (QED) is 0.658. The van der Waals surface area contributed by atoms with E-state index in [2.05, 4.69) is 4.98 Å². The van der Waals surface area contributed by atoms with Gasteiger partial charge in [-0.05, 0) is 6.07 Å². The molecule has 1 aromatic heterocycles. The second-order valence-electron chi connectivity index (χ2n) is 2.49. The molecule has 0 amide bonds. The fourth-order valence-corrected chi connectivity index (χ4v) is 0.856. The Morgan fingerprint density at radius 2 is 2.07 bits per heavy atom. The molecular formula is C8H4F4N2. The minimum atomic E-state index is -4.61. The molecule has 6 heteroatoms. The van der Waals surface area contributed by atoms with Crippen LogP contribution in [-0.4, -0.2) is 4.98 Å². The highest BCUT2D eigenvalue weighted by Crippen LogP contribution is 2.28. The second-order valence-corrected chi connectivity index (χ2v) is 2.49. The van der Waals surface area contributed by atoms with Crippen molar-refractivity contribution in [1.82, 2.24) is 4.98 Å². The van der Waals surface area contributed by atoms with Gasteiger partial charge in [0.2, 0.25) is 0 Å². The molecule has 0 saturated carbocycles. The number of hydrogen-bond donors (Lipinski definition) is 0. The average molecular weight is 204 g/mol. The van der Waals surface area contributed by atoms with Gasteiger partial charge in [-0.3, -0.25) is 0 Å². The summed E-state index contributed by atoms with van der Waals surface area (Å²) in [5, 5.41) is 8.22. The van der Waals surface area contributed by atoms with E-state index >= 15 is 0 Å². The van der Waals surface area contributed by atoms with Crippen molar-refractivity contribution in [2.75, 3.05) is 0 Å². The molecular weight excluding hydrogens is 200 g/mol. The van der Waals surface area contributed by atoms with Gasteiger partial charge in [0, 0.05) is 5.56 Å². The molecule has 0 aliphatic carbocycles. The molecule has 0 fully saturated rings. The predicted molar refractivity (Wildman–Crippen MR) is 38.5 cm³/mol. The van der Waals surface area contributed by atoms with Gasteiger partial charge >= 0.3 is 6.18 Å². The molecule has 0 unspecified atom stereocenters. The maximum Gasteiger partial charge on any atom is 0.433 e. The van der Waals surface area contributed by atoms with Gasteiger partial charge in [-0.15, -0.1) is 0 Å². The van der Waals surface area contributed by atoms with Crippen LogP contribution in [0, 0.1) is 17.1 Å². The number of nitriles is 1. The Kier molecular flexibility index (Phi) is 2.70. The van der Waals surface area contributed by atoms with Gasteiger partial charge in [-0.2, -0.15) is 18.4 Å². The van der Waals surface area contributed by atoms with Crippen LogP contribution in [0.3, 0.4) is 0 Å². The van der Waals surface area contributed by atoms with Gasteiger partial charge in [0.15, 0.2) is 0 Å². The molecule has 0 bridgehead atoms. The van der Waals surface area contributed by atoms with Crippen molar-refractivity contribution in [3.63, 3.8) is 0 Å². The number of pyridine rings is 1. The van der Waals surface area contributed by atoms with Crippen LogP contribution in [0.5, 0.6) is 0 Å². The van der Waals surface area contributed by atoms with E-state index in [-0.39, 0.29) is 5.56 Å². The van der Waals surface area contributed by atoms with Crippen molar-refractivity contribution in [1.29, 1.82) is 5.26 Å². The molecule has 14 heavy (non-hydrogen) atoms. The Bertz CT molecular complexity index is 378. The number of hydrogen-bond acceptors (Lipinski definition) is 2. The molecule has 0 radical (unpaired) electrons. The van der Waals surface area contributed by atoms with Crippen LogP contribution in [0.2, 0.25) is 0 Å². The topological polar surface area (TPSA) is 36.7 Å².